The number of aliphatic hydroxyl groups is 1. The van der Waals surface area contributed by atoms with Crippen LogP contribution in [0.15, 0.2) is 24.3 Å². The van der Waals surface area contributed by atoms with Crippen LogP contribution in [0.3, 0.4) is 0 Å². The monoisotopic (exact) mass is 253 g/mol. The third kappa shape index (κ3) is 3.70. The first-order chi connectivity index (χ1) is 8.15. The molecule has 2 rings (SSSR count). The van der Waals surface area contributed by atoms with Crippen LogP contribution in [0.4, 0.5) is 0 Å². The highest BCUT2D eigenvalue weighted by atomic mass is 35.5. The summed E-state index contributed by atoms with van der Waals surface area (Å²) in [5.74, 6) is 0.677. The van der Waals surface area contributed by atoms with Gasteiger partial charge < -0.3 is 10.4 Å². The van der Waals surface area contributed by atoms with Crippen LogP contribution >= 0.6 is 11.6 Å². The molecule has 1 aromatic rings. The Morgan fingerprint density at radius 3 is 2.59 bits per heavy atom. The molecule has 94 valence electrons. The summed E-state index contributed by atoms with van der Waals surface area (Å²) < 4.78 is 0. The molecule has 0 aliphatic heterocycles. The van der Waals surface area contributed by atoms with Crippen molar-refractivity contribution in [2.45, 2.75) is 44.2 Å². The SMILES string of the molecule is CC(O)CCNC1CC(c2ccc(Cl)cc2)C1. The lowest BCUT2D eigenvalue weighted by molar-refractivity contribution is 0.177. The van der Waals surface area contributed by atoms with Crippen LogP contribution < -0.4 is 5.32 Å². The molecule has 0 radical (unpaired) electrons. The molecule has 0 spiro atoms. The van der Waals surface area contributed by atoms with Crippen molar-refractivity contribution in [3.63, 3.8) is 0 Å². The zero-order chi connectivity index (χ0) is 12.3. The Balaban J connectivity index is 1.70. The smallest absolute Gasteiger partial charge is 0.0524 e. The van der Waals surface area contributed by atoms with Gasteiger partial charge in [0.1, 0.15) is 0 Å². The largest absolute Gasteiger partial charge is 0.393 e. The number of rotatable bonds is 5. The Morgan fingerprint density at radius 1 is 1.35 bits per heavy atom. The highest BCUT2D eigenvalue weighted by Gasteiger charge is 2.29. The van der Waals surface area contributed by atoms with E-state index in [-0.39, 0.29) is 6.10 Å². The van der Waals surface area contributed by atoms with E-state index in [0.717, 1.165) is 18.0 Å². The van der Waals surface area contributed by atoms with Gasteiger partial charge in [-0.25, -0.2) is 0 Å². The van der Waals surface area contributed by atoms with Gasteiger partial charge >= 0.3 is 0 Å². The molecule has 0 bridgehead atoms. The van der Waals surface area contributed by atoms with Crippen LogP contribution in [-0.2, 0) is 0 Å². The van der Waals surface area contributed by atoms with Crippen molar-refractivity contribution in [1.29, 1.82) is 0 Å². The van der Waals surface area contributed by atoms with Gasteiger partial charge in [-0.3, -0.25) is 0 Å². The molecule has 1 aromatic carbocycles. The standard InChI is InChI=1S/C14H20ClNO/c1-10(17)6-7-16-14-8-12(9-14)11-2-4-13(15)5-3-11/h2-5,10,12,14,16-17H,6-9H2,1H3. The van der Waals surface area contributed by atoms with Gasteiger partial charge in [0, 0.05) is 11.1 Å². The summed E-state index contributed by atoms with van der Waals surface area (Å²) in [6, 6.07) is 8.79. The van der Waals surface area contributed by atoms with Crippen molar-refractivity contribution in [2.24, 2.45) is 0 Å². The summed E-state index contributed by atoms with van der Waals surface area (Å²) >= 11 is 5.87. The van der Waals surface area contributed by atoms with Crippen molar-refractivity contribution in [3.8, 4) is 0 Å². The van der Waals surface area contributed by atoms with Gasteiger partial charge in [0.15, 0.2) is 0 Å². The van der Waals surface area contributed by atoms with Crippen molar-refractivity contribution < 1.29 is 5.11 Å². The predicted octanol–water partition coefficient (Wildman–Crippen LogP) is 2.95. The quantitative estimate of drug-likeness (QED) is 0.846. The van der Waals surface area contributed by atoms with Gasteiger partial charge in [-0.2, -0.15) is 0 Å². The highest BCUT2D eigenvalue weighted by molar-refractivity contribution is 6.30. The van der Waals surface area contributed by atoms with Crippen molar-refractivity contribution in [3.05, 3.63) is 34.9 Å². The molecule has 17 heavy (non-hydrogen) atoms. The Morgan fingerprint density at radius 2 is 2.00 bits per heavy atom. The van der Waals surface area contributed by atoms with Gasteiger partial charge in [0.2, 0.25) is 0 Å². The average Bonchev–Trinajstić information content (AvgIpc) is 2.23. The third-order valence-corrected chi connectivity index (χ3v) is 3.73. The fourth-order valence-electron chi connectivity index (χ4n) is 2.29. The first-order valence-electron chi connectivity index (χ1n) is 6.32. The Hall–Kier alpha value is -0.570. The fraction of sp³-hybridized carbons (Fsp3) is 0.571. The number of benzene rings is 1. The van der Waals surface area contributed by atoms with E-state index in [1.54, 1.807) is 0 Å². The first-order valence-corrected chi connectivity index (χ1v) is 6.70. The predicted molar refractivity (Wildman–Crippen MR) is 71.5 cm³/mol. The number of aliphatic hydroxyl groups excluding tert-OH is 1. The minimum Gasteiger partial charge on any atom is -0.393 e. The fourth-order valence-corrected chi connectivity index (χ4v) is 2.41. The summed E-state index contributed by atoms with van der Waals surface area (Å²) in [5, 5.41) is 13.4. The van der Waals surface area contributed by atoms with E-state index in [0.29, 0.717) is 12.0 Å². The maximum absolute atomic E-state index is 9.16. The molecule has 3 heteroatoms. The van der Waals surface area contributed by atoms with Crippen LogP contribution in [0, 0.1) is 0 Å². The Bertz CT molecular complexity index is 344. The molecule has 1 unspecified atom stereocenters. The van der Waals surface area contributed by atoms with Crippen LogP contribution in [0.1, 0.15) is 37.7 Å². The lowest BCUT2D eigenvalue weighted by atomic mass is 9.76. The zero-order valence-corrected chi connectivity index (χ0v) is 11.0. The topological polar surface area (TPSA) is 32.3 Å². The summed E-state index contributed by atoms with van der Waals surface area (Å²) in [6.07, 6.45) is 3.03. The van der Waals surface area contributed by atoms with Crippen LogP contribution in [0.2, 0.25) is 5.02 Å². The molecule has 0 aromatic heterocycles. The van der Waals surface area contributed by atoms with E-state index in [1.807, 2.05) is 19.1 Å². The maximum atomic E-state index is 9.16. The lowest BCUT2D eigenvalue weighted by Crippen LogP contribution is -2.41. The Kier molecular flexibility index (Phi) is 4.43. The molecule has 0 amide bonds. The van der Waals surface area contributed by atoms with E-state index in [9.17, 15) is 0 Å². The van der Waals surface area contributed by atoms with E-state index in [4.69, 9.17) is 16.7 Å². The minimum absolute atomic E-state index is 0.199. The van der Waals surface area contributed by atoms with Gasteiger partial charge in [-0.15, -0.1) is 0 Å². The second kappa shape index (κ2) is 5.85. The molecule has 2 nitrogen and oxygen atoms in total. The second-order valence-electron chi connectivity index (χ2n) is 5.01. The number of hydrogen-bond donors (Lipinski definition) is 2. The molecule has 2 N–H and O–H groups in total. The van der Waals surface area contributed by atoms with Gasteiger partial charge in [0.05, 0.1) is 6.10 Å². The number of halogens is 1. The average molecular weight is 254 g/mol. The summed E-state index contributed by atoms with van der Waals surface area (Å²) in [5.41, 5.74) is 1.39. The third-order valence-electron chi connectivity index (χ3n) is 3.47. The molecule has 1 saturated carbocycles. The lowest BCUT2D eigenvalue weighted by Gasteiger charge is -2.36. The van der Waals surface area contributed by atoms with E-state index >= 15 is 0 Å². The molecule has 1 atom stereocenters. The number of nitrogens with one attached hydrogen (secondary N) is 1. The van der Waals surface area contributed by atoms with Crippen LogP contribution in [0.5, 0.6) is 0 Å². The molecule has 1 aliphatic rings. The first kappa shape index (κ1) is 12.9. The molecular weight excluding hydrogens is 234 g/mol. The minimum atomic E-state index is -0.199. The normalized spacial score (nSPS) is 25.4. The van der Waals surface area contributed by atoms with Crippen molar-refractivity contribution in [1.82, 2.24) is 5.32 Å². The zero-order valence-electron chi connectivity index (χ0n) is 10.2. The molecule has 0 saturated heterocycles. The van der Waals surface area contributed by atoms with Gasteiger partial charge in [0.25, 0.3) is 0 Å². The van der Waals surface area contributed by atoms with Gasteiger partial charge in [-0.1, -0.05) is 23.7 Å². The van der Waals surface area contributed by atoms with E-state index in [1.165, 1.54) is 18.4 Å². The van der Waals surface area contributed by atoms with E-state index in [2.05, 4.69) is 17.4 Å². The maximum Gasteiger partial charge on any atom is 0.0524 e. The Labute approximate surface area is 108 Å². The van der Waals surface area contributed by atoms with Crippen molar-refractivity contribution in [2.75, 3.05) is 6.54 Å². The van der Waals surface area contributed by atoms with Crippen LogP contribution in [0.25, 0.3) is 0 Å². The van der Waals surface area contributed by atoms with Crippen LogP contribution in [-0.4, -0.2) is 23.8 Å². The highest BCUT2D eigenvalue weighted by Crippen LogP contribution is 2.37. The molecular formula is C14H20ClNO. The van der Waals surface area contributed by atoms with Crippen molar-refractivity contribution >= 4 is 11.6 Å². The summed E-state index contributed by atoms with van der Waals surface area (Å²) in [7, 11) is 0. The van der Waals surface area contributed by atoms with E-state index < -0.39 is 0 Å². The second-order valence-corrected chi connectivity index (χ2v) is 5.45. The molecule has 0 heterocycles. The number of hydrogen-bond acceptors (Lipinski definition) is 2. The summed E-state index contributed by atoms with van der Waals surface area (Å²) in [6.45, 7) is 2.74. The summed E-state index contributed by atoms with van der Waals surface area (Å²) in [4.78, 5) is 0. The molecule has 1 aliphatic carbocycles. The molecule has 1 fully saturated rings. The van der Waals surface area contributed by atoms with Gasteiger partial charge in [-0.05, 0) is 56.3 Å².